The quantitative estimate of drug-likeness (QED) is 0.656. The Bertz CT molecular complexity index is 758. The number of halogens is 3. The van der Waals surface area contributed by atoms with Crippen LogP contribution in [0.15, 0.2) is 29.4 Å². The second-order valence-electron chi connectivity index (χ2n) is 4.75. The highest BCUT2D eigenvalue weighted by atomic mass is 32.1. The Kier molecular flexibility index (Phi) is 5.50. The molecule has 1 N–H and O–H groups in total. The van der Waals surface area contributed by atoms with Gasteiger partial charge in [-0.25, -0.2) is 0 Å². The number of nitrogens with one attached hydrogen (secondary N) is 1. The summed E-state index contributed by atoms with van der Waals surface area (Å²) < 4.78 is 40.0. The lowest BCUT2D eigenvalue weighted by Crippen LogP contribution is -2.16. The van der Waals surface area contributed by atoms with Gasteiger partial charge in [0.15, 0.2) is 0 Å². The normalized spacial score (nSPS) is 12.1. The molecule has 0 saturated heterocycles. The van der Waals surface area contributed by atoms with E-state index in [0.29, 0.717) is 21.8 Å². The number of hydrogen-bond acceptors (Lipinski definition) is 6. The van der Waals surface area contributed by atoms with Crippen molar-refractivity contribution in [1.82, 2.24) is 9.59 Å². The number of alkyl halides is 3. The molecular formula is C14H13F3N4O2S. The zero-order valence-corrected chi connectivity index (χ0v) is 13.5. The number of hydrogen-bond donors (Lipinski definition) is 1. The minimum Gasteiger partial charge on any atom is -0.386 e. The van der Waals surface area contributed by atoms with E-state index in [1.807, 2.05) is 0 Å². The SMILES string of the molecule is C/C(=N\OCC(F)(F)F)c1ccccc1NC(=O)c1snnc1C. The first-order valence-electron chi connectivity index (χ1n) is 6.71. The lowest BCUT2D eigenvalue weighted by atomic mass is 10.1. The van der Waals surface area contributed by atoms with Gasteiger partial charge in [-0.15, -0.1) is 5.10 Å². The number of aromatic nitrogens is 2. The van der Waals surface area contributed by atoms with Crippen LogP contribution in [0.4, 0.5) is 18.9 Å². The summed E-state index contributed by atoms with van der Waals surface area (Å²) in [6.07, 6.45) is -4.46. The highest BCUT2D eigenvalue weighted by Gasteiger charge is 2.28. The standard InChI is InChI=1S/C14H13F3N4O2S/c1-8(20-23-7-14(15,16)17)10-5-3-4-6-11(10)18-13(22)12-9(2)19-21-24-12/h3-6H,7H2,1-2H3,(H,18,22)/b20-8+. The molecule has 1 amide bonds. The minimum absolute atomic E-state index is 0.203. The summed E-state index contributed by atoms with van der Waals surface area (Å²) >= 11 is 0.955. The molecule has 0 atom stereocenters. The van der Waals surface area contributed by atoms with Gasteiger partial charge in [-0.3, -0.25) is 4.79 Å². The summed E-state index contributed by atoms with van der Waals surface area (Å²) in [6, 6.07) is 6.58. The Labute approximate surface area is 139 Å². The summed E-state index contributed by atoms with van der Waals surface area (Å²) in [7, 11) is 0. The number of oxime groups is 1. The van der Waals surface area contributed by atoms with Gasteiger partial charge in [0.1, 0.15) is 4.88 Å². The first kappa shape index (κ1) is 17.9. The number of para-hydroxylation sites is 1. The average Bonchev–Trinajstić information content (AvgIpc) is 2.92. The molecule has 24 heavy (non-hydrogen) atoms. The van der Waals surface area contributed by atoms with E-state index < -0.39 is 18.7 Å². The zero-order valence-electron chi connectivity index (χ0n) is 12.7. The Morgan fingerprint density at radius 1 is 1.38 bits per heavy atom. The molecule has 0 spiro atoms. The number of rotatable bonds is 5. The molecule has 1 aromatic heterocycles. The van der Waals surface area contributed by atoms with Crippen molar-refractivity contribution in [1.29, 1.82) is 0 Å². The van der Waals surface area contributed by atoms with Crippen LogP contribution in [0.1, 0.15) is 27.9 Å². The summed E-state index contributed by atoms with van der Waals surface area (Å²) in [4.78, 5) is 16.9. The zero-order chi connectivity index (χ0) is 17.7. The summed E-state index contributed by atoms with van der Waals surface area (Å²) in [5, 5.41) is 9.88. The Morgan fingerprint density at radius 3 is 2.71 bits per heavy atom. The fourth-order valence-corrected chi connectivity index (χ4v) is 2.33. The summed E-state index contributed by atoms with van der Waals surface area (Å²) in [5.74, 6) is -0.404. The largest absolute Gasteiger partial charge is 0.425 e. The number of carbonyl (C=O) groups excluding carboxylic acids is 1. The first-order valence-corrected chi connectivity index (χ1v) is 7.48. The van der Waals surface area contributed by atoms with E-state index in [4.69, 9.17) is 0 Å². The molecule has 0 aliphatic heterocycles. The van der Waals surface area contributed by atoms with Gasteiger partial charge in [0, 0.05) is 5.56 Å². The molecular weight excluding hydrogens is 345 g/mol. The fraction of sp³-hybridized carbons (Fsp3) is 0.286. The number of aryl methyl sites for hydroxylation is 1. The molecule has 6 nitrogen and oxygen atoms in total. The molecule has 1 heterocycles. The molecule has 0 saturated carbocycles. The van der Waals surface area contributed by atoms with Crippen LogP contribution in [-0.4, -0.2) is 34.0 Å². The van der Waals surface area contributed by atoms with Gasteiger partial charge in [-0.1, -0.05) is 27.8 Å². The molecule has 1 aromatic carbocycles. The van der Waals surface area contributed by atoms with Crippen molar-refractivity contribution in [2.45, 2.75) is 20.0 Å². The van der Waals surface area contributed by atoms with Gasteiger partial charge in [0.25, 0.3) is 5.91 Å². The predicted molar refractivity (Wildman–Crippen MR) is 83.3 cm³/mol. The minimum atomic E-state index is -4.46. The van der Waals surface area contributed by atoms with E-state index in [9.17, 15) is 18.0 Å². The highest BCUT2D eigenvalue weighted by Crippen LogP contribution is 2.20. The molecule has 0 aliphatic rings. The second-order valence-corrected chi connectivity index (χ2v) is 5.51. The monoisotopic (exact) mass is 358 g/mol. The van der Waals surface area contributed by atoms with Crippen molar-refractivity contribution >= 4 is 28.8 Å². The van der Waals surface area contributed by atoms with E-state index in [0.717, 1.165) is 11.5 Å². The van der Waals surface area contributed by atoms with Crippen molar-refractivity contribution < 1.29 is 22.8 Å². The number of amides is 1. The van der Waals surface area contributed by atoms with Gasteiger partial charge in [-0.05, 0) is 31.4 Å². The van der Waals surface area contributed by atoms with Gasteiger partial charge >= 0.3 is 6.18 Å². The van der Waals surface area contributed by atoms with Crippen LogP contribution in [-0.2, 0) is 4.84 Å². The van der Waals surface area contributed by atoms with E-state index >= 15 is 0 Å². The number of nitrogens with zero attached hydrogens (tertiary/aromatic N) is 3. The maximum atomic E-state index is 12.2. The molecule has 2 aromatic rings. The van der Waals surface area contributed by atoms with Crippen LogP contribution in [0.3, 0.4) is 0 Å². The van der Waals surface area contributed by atoms with Crippen LogP contribution in [0.25, 0.3) is 0 Å². The van der Waals surface area contributed by atoms with Gasteiger partial charge in [0.05, 0.1) is 17.1 Å². The number of benzene rings is 1. The smallest absolute Gasteiger partial charge is 0.386 e. The predicted octanol–water partition coefficient (Wildman–Crippen LogP) is 3.40. The molecule has 2 rings (SSSR count). The Morgan fingerprint density at radius 2 is 2.08 bits per heavy atom. The molecule has 0 aliphatic carbocycles. The van der Waals surface area contributed by atoms with Crippen LogP contribution in [0, 0.1) is 6.92 Å². The van der Waals surface area contributed by atoms with Crippen LogP contribution < -0.4 is 5.32 Å². The summed E-state index contributed by atoms with van der Waals surface area (Å²) in [6.45, 7) is 1.66. The molecule has 0 radical (unpaired) electrons. The Balaban J connectivity index is 2.16. The van der Waals surface area contributed by atoms with Crippen molar-refractivity contribution in [3.05, 3.63) is 40.4 Å². The molecule has 0 unspecified atom stereocenters. The average molecular weight is 358 g/mol. The fourth-order valence-electron chi connectivity index (χ4n) is 1.78. The summed E-state index contributed by atoms with van der Waals surface area (Å²) in [5.41, 5.74) is 1.54. The van der Waals surface area contributed by atoms with E-state index in [2.05, 4.69) is 24.9 Å². The van der Waals surface area contributed by atoms with Crippen LogP contribution in [0.5, 0.6) is 0 Å². The van der Waals surface area contributed by atoms with E-state index in [1.165, 1.54) is 6.92 Å². The molecule has 10 heteroatoms. The van der Waals surface area contributed by atoms with E-state index in [-0.39, 0.29) is 5.71 Å². The Hall–Kier alpha value is -2.49. The number of carbonyl (C=O) groups is 1. The van der Waals surface area contributed by atoms with Gasteiger partial charge < -0.3 is 10.2 Å². The third-order valence-electron chi connectivity index (χ3n) is 2.85. The third kappa shape index (κ3) is 4.75. The van der Waals surface area contributed by atoms with E-state index in [1.54, 1.807) is 31.2 Å². The lowest BCUT2D eigenvalue weighted by molar-refractivity contribution is -0.173. The van der Waals surface area contributed by atoms with Crippen molar-refractivity contribution in [2.24, 2.45) is 5.16 Å². The van der Waals surface area contributed by atoms with Crippen molar-refractivity contribution in [2.75, 3.05) is 11.9 Å². The molecule has 128 valence electrons. The van der Waals surface area contributed by atoms with Crippen LogP contribution in [0.2, 0.25) is 0 Å². The van der Waals surface area contributed by atoms with Gasteiger partial charge in [-0.2, -0.15) is 13.2 Å². The first-order chi connectivity index (χ1) is 11.3. The molecule has 0 bridgehead atoms. The molecule has 0 fully saturated rings. The van der Waals surface area contributed by atoms with Crippen LogP contribution >= 0.6 is 11.5 Å². The van der Waals surface area contributed by atoms with Crippen molar-refractivity contribution in [3.63, 3.8) is 0 Å². The van der Waals surface area contributed by atoms with Crippen molar-refractivity contribution in [3.8, 4) is 0 Å². The second kappa shape index (κ2) is 7.39. The number of anilines is 1. The third-order valence-corrected chi connectivity index (χ3v) is 3.68. The maximum absolute atomic E-state index is 12.2. The maximum Gasteiger partial charge on any atom is 0.425 e. The highest BCUT2D eigenvalue weighted by molar-refractivity contribution is 7.08. The lowest BCUT2D eigenvalue weighted by Gasteiger charge is -2.10. The van der Waals surface area contributed by atoms with Gasteiger partial charge in [0.2, 0.25) is 6.61 Å². The topological polar surface area (TPSA) is 76.5 Å².